The van der Waals surface area contributed by atoms with Gasteiger partial charge in [-0.05, 0) is 73.4 Å². The van der Waals surface area contributed by atoms with E-state index in [2.05, 4.69) is 4.74 Å². The second-order valence-corrected chi connectivity index (χ2v) is 9.73. The Kier molecular flexibility index (Phi) is 12.3. The molecule has 15 heteroatoms. The lowest BCUT2D eigenvalue weighted by molar-refractivity contribution is -0.187. The first-order valence-electron chi connectivity index (χ1n) is 13.7. The van der Waals surface area contributed by atoms with Crippen molar-refractivity contribution in [3.8, 4) is 11.5 Å². The van der Waals surface area contributed by atoms with E-state index in [-0.39, 0.29) is 18.8 Å². The summed E-state index contributed by atoms with van der Waals surface area (Å²) in [5, 5.41) is 0. The maximum absolute atomic E-state index is 14.6. The van der Waals surface area contributed by atoms with Gasteiger partial charge < -0.3 is 30.4 Å². The van der Waals surface area contributed by atoms with Gasteiger partial charge in [0, 0.05) is 23.9 Å². The van der Waals surface area contributed by atoms with Crippen LogP contribution in [-0.4, -0.2) is 37.9 Å². The van der Waals surface area contributed by atoms with Crippen molar-refractivity contribution in [1.82, 2.24) is 0 Å². The summed E-state index contributed by atoms with van der Waals surface area (Å²) in [6, 6.07) is 10.4. The lowest BCUT2D eigenvalue weighted by Gasteiger charge is -2.20. The Morgan fingerprint density at radius 3 is 2.02 bits per heavy atom. The highest BCUT2D eigenvalue weighted by atomic mass is 19.4. The zero-order valence-corrected chi connectivity index (χ0v) is 24.1. The molecule has 248 valence electrons. The van der Waals surface area contributed by atoms with Crippen LogP contribution in [0, 0.1) is 11.6 Å². The predicted octanol–water partition coefficient (Wildman–Crippen LogP) is 7.17. The van der Waals surface area contributed by atoms with Crippen LogP contribution in [0.3, 0.4) is 0 Å². The number of nitrogens with two attached hydrogens (primary N) is 2. The van der Waals surface area contributed by atoms with Crippen LogP contribution in [0.15, 0.2) is 60.7 Å². The minimum absolute atomic E-state index is 0.0378. The van der Waals surface area contributed by atoms with Gasteiger partial charge in [0.2, 0.25) is 5.82 Å². The van der Waals surface area contributed by atoms with Crippen molar-refractivity contribution >= 4 is 29.4 Å². The number of carbonyl (C=O) groups excluding carboxylic acids is 2. The summed E-state index contributed by atoms with van der Waals surface area (Å²) in [4.78, 5) is 24.0. The van der Waals surface area contributed by atoms with Crippen molar-refractivity contribution in [2.75, 3.05) is 31.3 Å². The summed E-state index contributed by atoms with van der Waals surface area (Å²) >= 11 is 0. The van der Waals surface area contributed by atoms with Gasteiger partial charge in [-0.25, -0.2) is 14.0 Å². The van der Waals surface area contributed by atoms with Crippen LogP contribution in [0.5, 0.6) is 11.5 Å². The predicted molar refractivity (Wildman–Crippen MR) is 153 cm³/mol. The summed E-state index contributed by atoms with van der Waals surface area (Å²) in [5.74, 6) is -6.32. The molecule has 0 atom stereocenters. The van der Waals surface area contributed by atoms with Gasteiger partial charge in [-0.2, -0.15) is 26.3 Å². The fraction of sp³-hybridized carbons (Fsp3) is 0.290. The fourth-order valence-corrected chi connectivity index (χ4v) is 3.80. The van der Waals surface area contributed by atoms with Crippen LogP contribution in [0.25, 0.3) is 6.08 Å². The molecule has 4 N–H and O–H groups in total. The smallest absolute Gasteiger partial charge is 0.429 e. The number of nitrogen functional groups attached to an aromatic ring is 2. The van der Waals surface area contributed by atoms with E-state index in [1.54, 1.807) is 0 Å². The first-order chi connectivity index (χ1) is 21.6. The van der Waals surface area contributed by atoms with Gasteiger partial charge in [0.15, 0.2) is 11.6 Å². The Bertz CT molecular complexity index is 1510. The molecular formula is C31H29F7N2O6. The van der Waals surface area contributed by atoms with Crippen LogP contribution < -0.4 is 20.9 Å². The van der Waals surface area contributed by atoms with Crippen molar-refractivity contribution in [2.24, 2.45) is 0 Å². The number of benzene rings is 3. The Hall–Kier alpha value is -4.95. The normalized spacial score (nSPS) is 11.8. The molecule has 8 nitrogen and oxygen atoms in total. The van der Waals surface area contributed by atoms with Gasteiger partial charge >= 0.3 is 24.2 Å². The molecule has 0 bridgehead atoms. The summed E-state index contributed by atoms with van der Waals surface area (Å²) in [5.41, 5.74) is 11.1. The second kappa shape index (κ2) is 15.9. The second-order valence-electron chi connectivity index (χ2n) is 9.73. The number of carbonyl (C=O) groups is 2. The largest absolute Gasteiger partial charge is 0.490 e. The Morgan fingerprint density at radius 1 is 0.761 bits per heavy atom. The maximum atomic E-state index is 14.6. The summed E-state index contributed by atoms with van der Waals surface area (Å²) in [6.45, 7) is -0.497. The van der Waals surface area contributed by atoms with Gasteiger partial charge in [-0.1, -0.05) is 12.1 Å². The third-order valence-corrected chi connectivity index (χ3v) is 5.99. The number of ether oxygens (including phenoxy) is 4. The standard InChI is InChI=1S/C31H29F7N2O6/c32-27-24(9-10-25(28(27)33)43-15-3-12-30(34,35)36)31(37,38)46-23-7-4-19(5-8-23)6-11-26(41)44-13-1-2-14-45-29(42)20-16-21(39)18-22(40)17-20/h4-11,16-18H,1-3,12-15,39-40H2. The third-order valence-electron chi connectivity index (χ3n) is 5.99. The molecule has 0 aliphatic carbocycles. The highest BCUT2D eigenvalue weighted by Crippen LogP contribution is 2.36. The van der Waals surface area contributed by atoms with Gasteiger partial charge in [0.25, 0.3) is 0 Å². The Balaban J connectivity index is 1.42. The molecule has 46 heavy (non-hydrogen) atoms. The van der Waals surface area contributed by atoms with E-state index in [0.717, 1.165) is 18.2 Å². The molecule has 0 amide bonds. The van der Waals surface area contributed by atoms with Crippen LogP contribution in [0.2, 0.25) is 0 Å². The number of esters is 2. The summed E-state index contributed by atoms with van der Waals surface area (Å²) < 4.78 is 114. The van der Waals surface area contributed by atoms with Crippen molar-refractivity contribution < 1.29 is 59.3 Å². The summed E-state index contributed by atoms with van der Waals surface area (Å²) in [6.07, 6.45) is -7.31. The van der Waals surface area contributed by atoms with E-state index in [0.29, 0.717) is 41.9 Å². The average Bonchev–Trinajstić information content (AvgIpc) is 2.97. The highest BCUT2D eigenvalue weighted by Gasteiger charge is 2.39. The number of alkyl halides is 5. The van der Waals surface area contributed by atoms with Crippen molar-refractivity contribution in [1.29, 1.82) is 0 Å². The molecule has 3 rings (SSSR count). The molecule has 0 fully saturated rings. The monoisotopic (exact) mass is 658 g/mol. The van der Waals surface area contributed by atoms with Crippen LogP contribution >= 0.6 is 0 Å². The molecule has 0 saturated carbocycles. The number of hydrogen-bond donors (Lipinski definition) is 2. The number of anilines is 2. The number of hydrogen-bond acceptors (Lipinski definition) is 8. The van der Waals surface area contributed by atoms with E-state index in [1.807, 2.05) is 0 Å². The van der Waals surface area contributed by atoms with Gasteiger partial charge in [-0.15, -0.1) is 0 Å². The third kappa shape index (κ3) is 11.2. The molecular weight excluding hydrogens is 629 g/mol. The molecule has 0 spiro atoms. The van der Waals surface area contributed by atoms with Crippen molar-refractivity contribution in [2.45, 2.75) is 38.0 Å². The van der Waals surface area contributed by atoms with E-state index < -0.39 is 72.4 Å². The van der Waals surface area contributed by atoms with Crippen molar-refractivity contribution in [3.05, 3.63) is 89.0 Å². The molecule has 0 aromatic heterocycles. The number of halogens is 7. The molecule has 0 radical (unpaired) electrons. The van der Waals surface area contributed by atoms with Gasteiger partial charge in [0.05, 0.1) is 25.4 Å². The molecule has 3 aromatic carbocycles. The van der Waals surface area contributed by atoms with Gasteiger partial charge in [0.1, 0.15) is 11.3 Å². The van der Waals surface area contributed by atoms with E-state index in [4.69, 9.17) is 25.7 Å². The molecule has 0 aliphatic rings. The van der Waals surface area contributed by atoms with E-state index in [9.17, 15) is 40.3 Å². The fourth-order valence-electron chi connectivity index (χ4n) is 3.80. The molecule has 0 saturated heterocycles. The number of unbranched alkanes of at least 4 members (excludes halogenated alkanes) is 1. The average molecular weight is 659 g/mol. The molecule has 3 aromatic rings. The molecule has 0 heterocycles. The van der Waals surface area contributed by atoms with Crippen LogP contribution in [-0.2, 0) is 20.4 Å². The van der Waals surface area contributed by atoms with Crippen LogP contribution in [0.1, 0.15) is 47.2 Å². The number of rotatable bonds is 15. The lowest BCUT2D eigenvalue weighted by atomic mass is 10.1. The minimum Gasteiger partial charge on any atom is -0.490 e. The topological polar surface area (TPSA) is 123 Å². The zero-order valence-electron chi connectivity index (χ0n) is 24.1. The first kappa shape index (κ1) is 35.5. The summed E-state index contributed by atoms with van der Waals surface area (Å²) in [7, 11) is 0. The SMILES string of the molecule is Nc1cc(N)cc(C(=O)OCCCCOC(=O)C=Cc2ccc(OC(F)(F)c3ccc(OCCCC(F)(F)F)c(F)c3F)cc2)c1. The quantitative estimate of drug-likeness (QED) is 0.0580. The van der Waals surface area contributed by atoms with Crippen LogP contribution in [0.4, 0.5) is 42.1 Å². The lowest BCUT2D eigenvalue weighted by Crippen LogP contribution is -2.24. The van der Waals surface area contributed by atoms with E-state index >= 15 is 0 Å². The molecule has 0 aliphatic heterocycles. The minimum atomic E-state index is -4.46. The highest BCUT2D eigenvalue weighted by molar-refractivity contribution is 5.91. The van der Waals surface area contributed by atoms with Crippen molar-refractivity contribution in [3.63, 3.8) is 0 Å². The first-order valence-corrected chi connectivity index (χ1v) is 13.7. The Labute approximate surface area is 258 Å². The maximum Gasteiger partial charge on any atom is 0.429 e. The Morgan fingerprint density at radius 2 is 1.39 bits per heavy atom. The van der Waals surface area contributed by atoms with E-state index in [1.165, 1.54) is 36.4 Å². The molecule has 0 unspecified atom stereocenters. The van der Waals surface area contributed by atoms with Gasteiger partial charge in [-0.3, -0.25) is 0 Å². The zero-order chi connectivity index (χ0) is 33.9.